The lowest BCUT2D eigenvalue weighted by atomic mass is 10.2. The van der Waals surface area contributed by atoms with E-state index in [1.165, 1.54) is 12.1 Å². The van der Waals surface area contributed by atoms with Gasteiger partial charge in [-0.25, -0.2) is 0 Å². The van der Waals surface area contributed by atoms with Crippen molar-refractivity contribution in [2.24, 2.45) is 0 Å². The van der Waals surface area contributed by atoms with Gasteiger partial charge in [-0.15, -0.1) is 0 Å². The third-order valence-electron chi connectivity index (χ3n) is 4.08. The van der Waals surface area contributed by atoms with Gasteiger partial charge in [0.05, 0.1) is 16.3 Å². The normalized spacial score (nSPS) is 12.1. The Bertz CT molecular complexity index is 1110. The second kappa shape index (κ2) is 5.47. The molecule has 0 saturated heterocycles. The lowest BCUT2D eigenvalue weighted by Gasteiger charge is -2.09. The number of para-hydroxylation sites is 1. The molecule has 1 aromatic heterocycles. The third-order valence-corrected chi connectivity index (χ3v) is 5.28. The maximum absolute atomic E-state index is 11.4. The summed E-state index contributed by atoms with van der Waals surface area (Å²) in [5.74, 6) is 0. The molecule has 1 heterocycles. The van der Waals surface area contributed by atoms with Crippen molar-refractivity contribution in [1.29, 1.82) is 0 Å². The SMILES string of the molecule is O=P(O)(O)c1ccc(-n2c3ccccc3c3cc(Cl)ccc32)cc1. The summed E-state index contributed by atoms with van der Waals surface area (Å²) in [7, 11) is -4.24. The van der Waals surface area contributed by atoms with Crippen molar-refractivity contribution < 1.29 is 14.4 Å². The molecule has 24 heavy (non-hydrogen) atoms. The molecule has 4 nitrogen and oxygen atoms in total. The first-order chi connectivity index (χ1) is 11.4. The molecule has 2 N–H and O–H groups in total. The maximum atomic E-state index is 11.4. The van der Waals surface area contributed by atoms with Crippen LogP contribution in [0.5, 0.6) is 0 Å². The average Bonchev–Trinajstić information content (AvgIpc) is 2.88. The lowest BCUT2D eigenvalue weighted by Crippen LogP contribution is -2.04. The first kappa shape index (κ1) is 15.4. The Labute approximate surface area is 143 Å². The van der Waals surface area contributed by atoms with E-state index in [-0.39, 0.29) is 5.30 Å². The van der Waals surface area contributed by atoms with Gasteiger partial charge >= 0.3 is 7.60 Å². The standard InChI is InChI=1S/C18H13ClNO3P/c19-12-5-10-18-16(11-12)15-3-1-2-4-17(15)20(18)13-6-8-14(9-7-13)24(21,22)23/h1-11H,(H2,21,22,23). The molecule has 0 aliphatic heterocycles. The van der Waals surface area contributed by atoms with E-state index < -0.39 is 7.60 Å². The Hall–Kier alpha value is -2.10. The fourth-order valence-corrected chi connectivity index (χ4v) is 3.73. The monoisotopic (exact) mass is 357 g/mol. The van der Waals surface area contributed by atoms with Crippen molar-refractivity contribution in [3.63, 3.8) is 0 Å². The summed E-state index contributed by atoms with van der Waals surface area (Å²) in [5, 5.41) is 2.79. The number of aromatic nitrogens is 1. The van der Waals surface area contributed by atoms with Gasteiger partial charge in [0.25, 0.3) is 0 Å². The molecule has 3 aromatic carbocycles. The van der Waals surface area contributed by atoms with E-state index in [0.717, 1.165) is 27.5 Å². The molecule has 0 saturated carbocycles. The summed E-state index contributed by atoms with van der Waals surface area (Å²) >= 11 is 6.15. The van der Waals surface area contributed by atoms with Gasteiger partial charge < -0.3 is 14.4 Å². The zero-order valence-electron chi connectivity index (χ0n) is 12.4. The van der Waals surface area contributed by atoms with Crippen LogP contribution in [0.3, 0.4) is 0 Å². The van der Waals surface area contributed by atoms with E-state index >= 15 is 0 Å². The molecule has 6 heteroatoms. The van der Waals surface area contributed by atoms with Crippen LogP contribution in [-0.4, -0.2) is 14.4 Å². The highest BCUT2D eigenvalue weighted by Crippen LogP contribution is 2.35. The zero-order valence-corrected chi connectivity index (χ0v) is 14.1. The number of rotatable bonds is 2. The minimum absolute atomic E-state index is 0.00932. The van der Waals surface area contributed by atoms with Crippen molar-refractivity contribution >= 4 is 46.3 Å². The molecule has 0 atom stereocenters. The van der Waals surface area contributed by atoms with Crippen LogP contribution in [-0.2, 0) is 4.57 Å². The van der Waals surface area contributed by atoms with E-state index in [1.54, 1.807) is 12.1 Å². The van der Waals surface area contributed by atoms with Gasteiger partial charge in [0.1, 0.15) is 0 Å². The first-order valence-corrected chi connectivity index (χ1v) is 9.29. The topological polar surface area (TPSA) is 62.5 Å². The number of hydrogen-bond donors (Lipinski definition) is 2. The van der Waals surface area contributed by atoms with Gasteiger partial charge in [-0.05, 0) is 48.5 Å². The second-order valence-electron chi connectivity index (χ2n) is 5.57. The van der Waals surface area contributed by atoms with E-state index in [2.05, 4.69) is 4.57 Å². The van der Waals surface area contributed by atoms with Crippen LogP contribution in [0, 0.1) is 0 Å². The highest BCUT2D eigenvalue weighted by Gasteiger charge is 2.17. The summed E-state index contributed by atoms with van der Waals surface area (Å²) < 4.78 is 13.4. The molecule has 0 unspecified atom stereocenters. The Morgan fingerprint density at radius 3 is 2.21 bits per heavy atom. The largest absolute Gasteiger partial charge is 0.356 e. The first-order valence-electron chi connectivity index (χ1n) is 7.30. The van der Waals surface area contributed by atoms with Crippen LogP contribution >= 0.6 is 19.2 Å². The van der Waals surface area contributed by atoms with E-state index in [1.807, 2.05) is 42.5 Å². The number of fused-ring (bicyclic) bond motifs is 3. The van der Waals surface area contributed by atoms with Crippen molar-refractivity contribution in [3.05, 3.63) is 71.8 Å². The van der Waals surface area contributed by atoms with Crippen molar-refractivity contribution in [3.8, 4) is 5.69 Å². The average molecular weight is 358 g/mol. The number of nitrogens with zero attached hydrogens (tertiary/aromatic N) is 1. The molecule has 0 spiro atoms. The highest BCUT2D eigenvalue weighted by molar-refractivity contribution is 7.60. The van der Waals surface area contributed by atoms with E-state index in [0.29, 0.717) is 5.02 Å². The Morgan fingerprint density at radius 1 is 0.833 bits per heavy atom. The highest BCUT2D eigenvalue weighted by atomic mass is 35.5. The predicted molar refractivity (Wildman–Crippen MR) is 97.5 cm³/mol. The maximum Gasteiger partial charge on any atom is 0.356 e. The Kier molecular flexibility index (Phi) is 3.52. The quantitative estimate of drug-likeness (QED) is 0.527. The summed E-state index contributed by atoms with van der Waals surface area (Å²) in [5.41, 5.74) is 2.84. The van der Waals surface area contributed by atoms with Crippen LogP contribution in [0.15, 0.2) is 66.7 Å². The van der Waals surface area contributed by atoms with Crippen LogP contribution in [0.1, 0.15) is 0 Å². The van der Waals surface area contributed by atoms with E-state index in [4.69, 9.17) is 11.6 Å². The summed E-state index contributed by atoms with van der Waals surface area (Å²) in [6.07, 6.45) is 0. The zero-order chi connectivity index (χ0) is 16.9. The third kappa shape index (κ3) is 2.45. The minimum Gasteiger partial charge on any atom is -0.321 e. The summed E-state index contributed by atoms with van der Waals surface area (Å²) in [6.45, 7) is 0. The number of halogens is 1. The van der Waals surface area contributed by atoms with Crippen LogP contribution < -0.4 is 5.30 Å². The molecular formula is C18H13ClNO3P. The van der Waals surface area contributed by atoms with Crippen LogP contribution in [0.25, 0.3) is 27.5 Å². The van der Waals surface area contributed by atoms with Crippen molar-refractivity contribution in [2.45, 2.75) is 0 Å². The molecule has 4 rings (SSSR count). The Morgan fingerprint density at radius 2 is 1.50 bits per heavy atom. The van der Waals surface area contributed by atoms with E-state index in [9.17, 15) is 14.4 Å². The fraction of sp³-hybridized carbons (Fsp3) is 0. The molecule has 0 fully saturated rings. The van der Waals surface area contributed by atoms with Gasteiger partial charge in [-0.2, -0.15) is 0 Å². The summed E-state index contributed by atoms with van der Waals surface area (Å²) in [4.78, 5) is 18.5. The molecular weight excluding hydrogens is 345 g/mol. The van der Waals surface area contributed by atoms with Gasteiger partial charge in [0.15, 0.2) is 0 Å². The molecule has 0 radical (unpaired) electrons. The molecule has 0 aliphatic carbocycles. The van der Waals surface area contributed by atoms with Gasteiger partial charge in [-0.3, -0.25) is 4.57 Å². The molecule has 4 aromatic rings. The van der Waals surface area contributed by atoms with Crippen molar-refractivity contribution in [1.82, 2.24) is 4.57 Å². The number of benzene rings is 3. The Balaban J connectivity index is 2.03. The van der Waals surface area contributed by atoms with Gasteiger partial charge in [0.2, 0.25) is 0 Å². The predicted octanol–water partition coefficient (Wildman–Crippen LogP) is 4.24. The fourth-order valence-electron chi connectivity index (χ4n) is 3.02. The van der Waals surface area contributed by atoms with Crippen molar-refractivity contribution in [2.75, 3.05) is 0 Å². The second-order valence-corrected chi connectivity index (χ2v) is 7.62. The van der Waals surface area contributed by atoms with Crippen LogP contribution in [0.4, 0.5) is 0 Å². The van der Waals surface area contributed by atoms with Gasteiger partial charge in [0, 0.05) is 21.5 Å². The van der Waals surface area contributed by atoms with Crippen LogP contribution in [0.2, 0.25) is 5.02 Å². The molecule has 120 valence electrons. The summed E-state index contributed by atoms with van der Waals surface area (Å²) in [6, 6.07) is 20.1. The molecule has 0 bridgehead atoms. The number of hydrogen-bond acceptors (Lipinski definition) is 1. The molecule has 0 aliphatic rings. The smallest absolute Gasteiger partial charge is 0.321 e. The minimum atomic E-state index is -4.24. The molecule has 0 amide bonds. The van der Waals surface area contributed by atoms with Gasteiger partial charge in [-0.1, -0.05) is 29.8 Å². The lowest BCUT2D eigenvalue weighted by molar-refractivity contribution is 0.387.